The first-order valence-electron chi connectivity index (χ1n) is 5.08. The van der Waals surface area contributed by atoms with Crippen LogP contribution in [0.3, 0.4) is 0 Å². The average Bonchev–Trinajstić information content (AvgIpc) is 2.73. The first-order chi connectivity index (χ1) is 8.41. The molecule has 3 heterocycles. The minimum atomic E-state index is -0.690. The van der Waals surface area contributed by atoms with Crippen molar-refractivity contribution >= 4 is 23.9 Å². The van der Waals surface area contributed by atoms with Crippen molar-refractivity contribution in [1.29, 1.82) is 0 Å². The van der Waals surface area contributed by atoms with Gasteiger partial charge in [0.1, 0.15) is 5.70 Å². The van der Waals surface area contributed by atoms with E-state index in [-0.39, 0.29) is 30.1 Å². The molecule has 3 aliphatic heterocycles. The molecule has 0 aromatic carbocycles. The van der Waals surface area contributed by atoms with Gasteiger partial charge in [-0.2, -0.15) is 10.0 Å². The van der Waals surface area contributed by atoms with Gasteiger partial charge in [-0.25, -0.2) is 9.59 Å². The average molecular weight is 254 g/mol. The number of nitrogens with one attached hydrogen (secondary N) is 2. The van der Waals surface area contributed by atoms with Gasteiger partial charge in [0, 0.05) is 0 Å². The number of fused-ring (bicyclic) bond motifs is 1. The monoisotopic (exact) mass is 254 g/mol. The van der Waals surface area contributed by atoms with E-state index in [1.54, 1.807) is 0 Å². The number of aliphatic hydroxyl groups excluding tert-OH is 1. The molecule has 18 heavy (non-hydrogen) atoms. The van der Waals surface area contributed by atoms with E-state index >= 15 is 0 Å². The van der Waals surface area contributed by atoms with Gasteiger partial charge in [-0.05, 0) is 13.0 Å². The third kappa shape index (κ3) is 2.02. The number of carbonyl (C=O) groups excluding carboxylic acids is 4. The first-order valence-corrected chi connectivity index (χ1v) is 5.08. The SMILES string of the molecule is CC(O)C=C1C(=O)N2C(=O)N12.O=C1CNC(=O)N1. The summed E-state index contributed by atoms with van der Waals surface area (Å²) in [5.74, 6) is -0.582. The lowest BCUT2D eigenvalue weighted by molar-refractivity contribution is -0.131. The van der Waals surface area contributed by atoms with Gasteiger partial charge in [-0.3, -0.25) is 14.9 Å². The minimum absolute atomic E-state index is 0.124. The molecule has 3 aliphatic rings. The highest BCUT2D eigenvalue weighted by Crippen LogP contribution is 2.38. The maximum atomic E-state index is 10.8. The Balaban J connectivity index is 0.000000149. The Kier molecular flexibility index (Phi) is 2.75. The molecule has 3 saturated heterocycles. The molecule has 3 N–H and O–H groups in total. The number of nitrogens with zero attached hydrogens (tertiary/aromatic N) is 2. The Labute approximate surface area is 101 Å². The number of aliphatic hydroxyl groups is 1. The Hall–Kier alpha value is -2.42. The minimum Gasteiger partial charge on any atom is -0.389 e. The number of hydrazine groups is 1. The molecular formula is C9H10N4O5. The molecule has 3 rings (SSSR count). The van der Waals surface area contributed by atoms with Gasteiger partial charge in [-0.1, -0.05) is 0 Å². The van der Waals surface area contributed by atoms with Gasteiger partial charge in [0.15, 0.2) is 0 Å². The zero-order valence-electron chi connectivity index (χ0n) is 9.34. The van der Waals surface area contributed by atoms with Crippen LogP contribution in [-0.4, -0.2) is 51.6 Å². The van der Waals surface area contributed by atoms with Gasteiger partial charge >= 0.3 is 12.1 Å². The number of amides is 6. The molecule has 0 aliphatic carbocycles. The van der Waals surface area contributed by atoms with Crippen molar-refractivity contribution in [2.45, 2.75) is 13.0 Å². The summed E-state index contributed by atoms with van der Waals surface area (Å²) in [5, 5.41) is 15.4. The molecule has 1 unspecified atom stereocenters. The van der Waals surface area contributed by atoms with E-state index in [4.69, 9.17) is 5.11 Å². The molecule has 0 spiro atoms. The lowest BCUT2D eigenvalue weighted by atomic mass is 10.3. The van der Waals surface area contributed by atoms with Crippen LogP contribution in [0.1, 0.15) is 6.92 Å². The topological polar surface area (TPSA) is 119 Å². The molecule has 0 aromatic rings. The van der Waals surface area contributed by atoms with Crippen molar-refractivity contribution in [3.8, 4) is 0 Å². The number of hydrogen-bond acceptors (Lipinski definition) is 5. The second-order valence-electron chi connectivity index (χ2n) is 3.73. The van der Waals surface area contributed by atoms with E-state index in [1.807, 2.05) is 5.32 Å². The summed E-state index contributed by atoms with van der Waals surface area (Å²) >= 11 is 0. The molecule has 0 bridgehead atoms. The van der Waals surface area contributed by atoms with Crippen LogP contribution in [0, 0.1) is 0 Å². The van der Waals surface area contributed by atoms with Crippen molar-refractivity contribution in [3.05, 3.63) is 11.8 Å². The first kappa shape index (κ1) is 12.0. The van der Waals surface area contributed by atoms with Gasteiger partial charge in [0.2, 0.25) is 5.91 Å². The van der Waals surface area contributed by atoms with Crippen LogP contribution >= 0.6 is 0 Å². The van der Waals surface area contributed by atoms with Crippen LogP contribution in [0.5, 0.6) is 0 Å². The molecule has 0 aromatic heterocycles. The van der Waals surface area contributed by atoms with E-state index in [0.29, 0.717) is 0 Å². The second-order valence-corrected chi connectivity index (χ2v) is 3.73. The summed E-state index contributed by atoms with van der Waals surface area (Å²) in [6.45, 7) is 1.65. The molecule has 3 fully saturated rings. The van der Waals surface area contributed by atoms with Gasteiger partial charge in [0.25, 0.3) is 5.91 Å². The van der Waals surface area contributed by atoms with E-state index < -0.39 is 12.1 Å². The summed E-state index contributed by atoms with van der Waals surface area (Å²) in [6, 6.07) is -0.702. The van der Waals surface area contributed by atoms with Crippen LogP contribution < -0.4 is 10.6 Å². The highest BCUT2D eigenvalue weighted by atomic mass is 16.3. The Bertz CT molecular complexity index is 469. The lowest BCUT2D eigenvalue weighted by Gasteiger charge is -2.14. The summed E-state index contributed by atoms with van der Waals surface area (Å²) in [7, 11) is 0. The van der Waals surface area contributed by atoms with E-state index in [1.165, 1.54) is 18.0 Å². The van der Waals surface area contributed by atoms with Crippen molar-refractivity contribution in [2.75, 3.05) is 6.54 Å². The molecule has 6 amide bonds. The molecule has 0 radical (unpaired) electrons. The fraction of sp³-hybridized carbons (Fsp3) is 0.333. The summed E-state index contributed by atoms with van der Waals surface area (Å²) in [5.41, 5.74) is 0.282. The second kappa shape index (κ2) is 4.11. The van der Waals surface area contributed by atoms with E-state index in [2.05, 4.69) is 5.32 Å². The number of carbonyl (C=O) groups is 4. The van der Waals surface area contributed by atoms with Gasteiger partial charge in [-0.15, -0.1) is 0 Å². The molecule has 1 atom stereocenters. The van der Waals surface area contributed by atoms with Crippen LogP contribution in [0.2, 0.25) is 0 Å². The maximum absolute atomic E-state index is 10.8. The third-order valence-corrected chi connectivity index (χ3v) is 2.22. The smallest absolute Gasteiger partial charge is 0.371 e. The van der Waals surface area contributed by atoms with Crippen LogP contribution in [-0.2, 0) is 9.59 Å². The quantitative estimate of drug-likeness (QED) is 0.292. The normalized spacial score (nSPS) is 23.8. The highest BCUT2D eigenvalue weighted by Gasteiger charge is 2.63. The number of urea groups is 2. The number of hydrogen-bond donors (Lipinski definition) is 3. The molecule has 96 valence electrons. The largest absolute Gasteiger partial charge is 0.389 e. The van der Waals surface area contributed by atoms with Crippen molar-refractivity contribution < 1.29 is 24.3 Å². The third-order valence-electron chi connectivity index (χ3n) is 2.22. The Morgan fingerprint density at radius 3 is 2.22 bits per heavy atom. The summed E-state index contributed by atoms with van der Waals surface area (Å²) in [4.78, 5) is 41.5. The predicted octanol–water partition coefficient (Wildman–Crippen LogP) is -1.73. The predicted molar refractivity (Wildman–Crippen MR) is 55.4 cm³/mol. The van der Waals surface area contributed by atoms with Crippen molar-refractivity contribution in [3.63, 3.8) is 0 Å². The Morgan fingerprint density at radius 2 is 1.94 bits per heavy atom. The standard InChI is InChI=1S/C6H6N2O3.C3H4N2O2/c1-3(9)2-4-5(10)8-6(11)7(4)8;6-2-1-4-3(7)5-2/h2-3,9H,1H3;1H2,(H2,4,5,6,7). The summed E-state index contributed by atoms with van der Waals surface area (Å²) in [6.07, 6.45) is 0.661. The fourth-order valence-corrected chi connectivity index (χ4v) is 1.42. The lowest BCUT2D eigenvalue weighted by Crippen LogP contribution is -2.33. The molecule has 0 saturated carbocycles. The molecular weight excluding hydrogens is 244 g/mol. The molecule has 9 nitrogen and oxygen atoms in total. The highest BCUT2D eigenvalue weighted by molar-refractivity contribution is 6.22. The van der Waals surface area contributed by atoms with Crippen LogP contribution in [0.4, 0.5) is 9.59 Å². The summed E-state index contributed by atoms with van der Waals surface area (Å²) < 4.78 is 0. The zero-order valence-corrected chi connectivity index (χ0v) is 9.34. The fourth-order valence-electron chi connectivity index (χ4n) is 1.42. The van der Waals surface area contributed by atoms with Gasteiger partial charge in [0.05, 0.1) is 12.6 Å². The number of imide groups is 2. The van der Waals surface area contributed by atoms with Gasteiger partial charge < -0.3 is 10.4 Å². The van der Waals surface area contributed by atoms with E-state index in [0.717, 1.165) is 5.01 Å². The zero-order chi connectivity index (χ0) is 13.4. The van der Waals surface area contributed by atoms with Crippen LogP contribution in [0.25, 0.3) is 0 Å². The maximum Gasteiger partial charge on any atom is 0.371 e. The van der Waals surface area contributed by atoms with E-state index in [9.17, 15) is 19.2 Å². The Morgan fingerprint density at radius 1 is 1.28 bits per heavy atom. The van der Waals surface area contributed by atoms with Crippen LogP contribution in [0.15, 0.2) is 11.8 Å². The molecule has 9 heteroatoms. The number of rotatable bonds is 1. The van der Waals surface area contributed by atoms with Crippen molar-refractivity contribution in [1.82, 2.24) is 20.7 Å². The van der Waals surface area contributed by atoms with Crippen molar-refractivity contribution in [2.24, 2.45) is 0 Å².